The third-order valence-corrected chi connectivity index (χ3v) is 16.6. The van der Waals surface area contributed by atoms with Crippen LogP contribution in [0, 0.1) is 0 Å². The molecule has 16 rings (SSSR count). The highest BCUT2D eigenvalue weighted by atomic mass is 15.1. The van der Waals surface area contributed by atoms with Gasteiger partial charge in [-0.2, -0.15) is 0 Å². The molecule has 0 aliphatic heterocycles. The fraction of sp³-hybridized carbons (Fsp3) is 0.0137. The minimum Gasteiger partial charge on any atom is -0.310 e. The van der Waals surface area contributed by atoms with E-state index in [4.69, 9.17) is 0 Å². The molecule has 0 N–H and O–H groups in total. The zero-order valence-corrected chi connectivity index (χ0v) is 41.0. The van der Waals surface area contributed by atoms with Gasteiger partial charge in [-0.25, -0.2) is 0 Å². The van der Waals surface area contributed by atoms with Crippen LogP contribution in [-0.2, 0) is 5.41 Å². The van der Waals surface area contributed by atoms with E-state index in [1.54, 1.807) is 0 Å². The number of hydrogen-bond acceptors (Lipinski definition) is 1. The Labute approximate surface area is 435 Å². The Hall–Kier alpha value is -9.76. The molecule has 0 amide bonds. The molecule has 2 aliphatic rings. The molecule has 14 aromatic rings. The van der Waals surface area contributed by atoms with Crippen molar-refractivity contribution in [1.82, 2.24) is 4.57 Å². The van der Waals surface area contributed by atoms with Crippen LogP contribution in [-0.4, -0.2) is 4.57 Å². The van der Waals surface area contributed by atoms with Gasteiger partial charge in [-0.3, -0.25) is 0 Å². The Morgan fingerprint density at radius 2 is 0.640 bits per heavy atom. The molecule has 0 unspecified atom stereocenters. The third kappa shape index (κ3) is 6.02. The fourth-order valence-electron chi connectivity index (χ4n) is 13.4. The Morgan fingerprint density at radius 3 is 1.25 bits per heavy atom. The highest BCUT2D eigenvalue weighted by Crippen LogP contribution is 2.63. The van der Waals surface area contributed by atoms with Crippen LogP contribution in [0.25, 0.3) is 104 Å². The first-order valence-corrected chi connectivity index (χ1v) is 26.1. The largest absolute Gasteiger partial charge is 0.310 e. The van der Waals surface area contributed by atoms with Crippen LogP contribution in [0.15, 0.2) is 279 Å². The molecule has 0 atom stereocenters. The Bertz CT molecular complexity index is 4540. The first kappa shape index (κ1) is 41.8. The lowest BCUT2D eigenvalue weighted by molar-refractivity contribution is 0.793. The highest BCUT2D eigenvalue weighted by molar-refractivity contribution is 6.26. The summed E-state index contributed by atoms with van der Waals surface area (Å²) in [5.41, 5.74) is 21.7. The molecule has 348 valence electrons. The molecule has 75 heavy (non-hydrogen) atoms. The summed E-state index contributed by atoms with van der Waals surface area (Å²) < 4.78 is 2.39. The van der Waals surface area contributed by atoms with Crippen molar-refractivity contribution in [2.24, 2.45) is 0 Å². The summed E-state index contributed by atoms with van der Waals surface area (Å²) in [5, 5.41) is 10.1. The van der Waals surface area contributed by atoms with Gasteiger partial charge in [-0.1, -0.05) is 218 Å². The number of aromatic nitrogens is 1. The van der Waals surface area contributed by atoms with Gasteiger partial charge < -0.3 is 9.47 Å². The van der Waals surface area contributed by atoms with Crippen molar-refractivity contribution in [3.05, 3.63) is 301 Å². The molecule has 1 heterocycles. The molecule has 0 bridgehead atoms. The number of para-hydroxylation sites is 2. The van der Waals surface area contributed by atoms with Crippen molar-refractivity contribution in [3.63, 3.8) is 0 Å². The van der Waals surface area contributed by atoms with Crippen LogP contribution in [0.1, 0.15) is 22.3 Å². The summed E-state index contributed by atoms with van der Waals surface area (Å²) in [7, 11) is 0. The van der Waals surface area contributed by atoms with Gasteiger partial charge in [0.05, 0.1) is 16.4 Å². The summed E-state index contributed by atoms with van der Waals surface area (Å²) in [6, 6.07) is 104. The average molecular weight is 951 g/mol. The topological polar surface area (TPSA) is 8.17 Å². The van der Waals surface area contributed by atoms with Crippen LogP contribution in [0.3, 0.4) is 0 Å². The minimum absolute atomic E-state index is 0.457. The molecule has 2 heteroatoms. The van der Waals surface area contributed by atoms with Crippen molar-refractivity contribution in [2.75, 3.05) is 4.90 Å². The smallest absolute Gasteiger partial charge is 0.0726 e. The zero-order chi connectivity index (χ0) is 49.2. The second kappa shape index (κ2) is 16.1. The Balaban J connectivity index is 0.839. The molecular weight excluding hydrogens is 905 g/mol. The number of fused-ring (bicyclic) bond motifs is 19. The number of rotatable bonds is 6. The van der Waals surface area contributed by atoms with E-state index in [1.165, 1.54) is 121 Å². The standard InChI is InChI=1S/C73H46N2/c1-2-16-51(17-3-1)75-71-29-15-11-25-64(71)65-41-36-50(44-72(65)75)49-32-30-47(31-33-49)48-34-37-52(38-35-48)74(53-39-42-59-57-20-5-4-18-55(57)56-19-6-7-21-58(56)66(59)45-53)54-40-43-63-62-24-10-14-28-69(62)73(70(63)46-54)67-26-12-8-22-60(67)61-23-9-13-27-68(61)73/h1-46H. The van der Waals surface area contributed by atoms with Gasteiger partial charge in [0.2, 0.25) is 0 Å². The first-order valence-electron chi connectivity index (χ1n) is 26.1. The summed E-state index contributed by atoms with van der Waals surface area (Å²) >= 11 is 0. The van der Waals surface area contributed by atoms with Gasteiger partial charge in [0.1, 0.15) is 0 Å². The van der Waals surface area contributed by atoms with Crippen LogP contribution in [0.4, 0.5) is 17.1 Å². The lowest BCUT2D eigenvalue weighted by atomic mass is 9.70. The van der Waals surface area contributed by atoms with E-state index in [0.29, 0.717) is 0 Å². The number of anilines is 3. The maximum atomic E-state index is 2.50. The van der Waals surface area contributed by atoms with E-state index in [2.05, 4.69) is 289 Å². The van der Waals surface area contributed by atoms with E-state index in [1.807, 2.05) is 0 Å². The maximum Gasteiger partial charge on any atom is 0.0726 e. The molecule has 2 aliphatic carbocycles. The van der Waals surface area contributed by atoms with E-state index in [9.17, 15) is 0 Å². The molecular formula is C73H46N2. The van der Waals surface area contributed by atoms with Crippen LogP contribution in [0.2, 0.25) is 0 Å². The van der Waals surface area contributed by atoms with Crippen molar-refractivity contribution < 1.29 is 0 Å². The molecule has 0 saturated carbocycles. The summed E-state index contributed by atoms with van der Waals surface area (Å²) in [6.07, 6.45) is 0. The fourth-order valence-corrected chi connectivity index (χ4v) is 13.4. The summed E-state index contributed by atoms with van der Waals surface area (Å²) in [5.74, 6) is 0. The predicted octanol–water partition coefficient (Wildman–Crippen LogP) is 19.4. The molecule has 0 radical (unpaired) electrons. The van der Waals surface area contributed by atoms with E-state index in [-0.39, 0.29) is 0 Å². The van der Waals surface area contributed by atoms with E-state index < -0.39 is 5.41 Å². The van der Waals surface area contributed by atoms with Crippen molar-refractivity contribution in [3.8, 4) is 50.2 Å². The summed E-state index contributed by atoms with van der Waals surface area (Å²) in [4.78, 5) is 2.48. The number of nitrogens with zero attached hydrogens (tertiary/aromatic N) is 2. The van der Waals surface area contributed by atoms with Crippen LogP contribution in [0.5, 0.6) is 0 Å². The SMILES string of the molecule is c1ccc(-n2c3ccccc3c3ccc(-c4ccc(-c5ccc(N(c6ccc7c(c6)C6(c8ccccc8-c8ccccc86)c6ccccc6-7)c6ccc7c8ccccc8c8ccccc8c7c6)cc5)cc4)cc32)cc1. The van der Waals surface area contributed by atoms with Crippen LogP contribution >= 0.6 is 0 Å². The highest BCUT2D eigenvalue weighted by Gasteiger charge is 2.51. The zero-order valence-electron chi connectivity index (χ0n) is 41.0. The second-order valence-corrected chi connectivity index (χ2v) is 20.3. The quantitative estimate of drug-likeness (QED) is 0.151. The molecule has 1 spiro atoms. The van der Waals surface area contributed by atoms with Crippen molar-refractivity contribution >= 4 is 71.2 Å². The van der Waals surface area contributed by atoms with Gasteiger partial charge in [0.15, 0.2) is 0 Å². The Kier molecular flexibility index (Phi) is 8.99. The Morgan fingerprint density at radius 1 is 0.240 bits per heavy atom. The van der Waals surface area contributed by atoms with E-state index in [0.717, 1.165) is 22.7 Å². The first-order chi connectivity index (χ1) is 37.2. The predicted molar refractivity (Wildman–Crippen MR) is 315 cm³/mol. The average Bonchev–Trinajstić information content (AvgIpc) is 4.18. The van der Waals surface area contributed by atoms with Crippen LogP contribution < -0.4 is 4.90 Å². The normalized spacial score (nSPS) is 12.9. The molecule has 0 saturated heterocycles. The van der Waals surface area contributed by atoms with E-state index >= 15 is 0 Å². The van der Waals surface area contributed by atoms with Gasteiger partial charge in [0, 0.05) is 33.5 Å². The molecule has 2 nitrogen and oxygen atoms in total. The van der Waals surface area contributed by atoms with Gasteiger partial charge in [-0.15, -0.1) is 0 Å². The lowest BCUT2D eigenvalue weighted by Crippen LogP contribution is -2.26. The molecule has 1 aromatic heterocycles. The van der Waals surface area contributed by atoms with Crippen molar-refractivity contribution in [2.45, 2.75) is 5.41 Å². The van der Waals surface area contributed by atoms with Gasteiger partial charge in [-0.05, 0) is 160 Å². The second-order valence-electron chi connectivity index (χ2n) is 20.3. The third-order valence-electron chi connectivity index (χ3n) is 16.6. The number of hydrogen-bond donors (Lipinski definition) is 0. The summed E-state index contributed by atoms with van der Waals surface area (Å²) in [6.45, 7) is 0. The molecule has 0 fully saturated rings. The van der Waals surface area contributed by atoms with Gasteiger partial charge >= 0.3 is 0 Å². The minimum atomic E-state index is -0.457. The maximum absolute atomic E-state index is 2.50. The number of benzene rings is 13. The lowest BCUT2D eigenvalue weighted by Gasteiger charge is -2.32. The van der Waals surface area contributed by atoms with Gasteiger partial charge in [0.25, 0.3) is 0 Å². The van der Waals surface area contributed by atoms with Crippen molar-refractivity contribution in [1.29, 1.82) is 0 Å². The monoisotopic (exact) mass is 950 g/mol. The molecule has 13 aromatic carbocycles.